The quantitative estimate of drug-likeness (QED) is 0.516. The maximum absolute atomic E-state index is 12.0. The second-order valence-corrected chi connectivity index (χ2v) is 8.14. The molecule has 0 fully saturated rings. The average molecular weight is 414 g/mol. The van der Waals surface area contributed by atoms with Crippen LogP contribution in [0.5, 0.6) is 0 Å². The van der Waals surface area contributed by atoms with E-state index in [0.29, 0.717) is 12.2 Å². The van der Waals surface area contributed by atoms with Crippen LogP contribution in [-0.4, -0.2) is 30.8 Å². The van der Waals surface area contributed by atoms with Gasteiger partial charge in [-0.1, -0.05) is 24.3 Å². The number of sulfonamides is 1. The van der Waals surface area contributed by atoms with Crippen LogP contribution < -0.4 is 15.8 Å². The van der Waals surface area contributed by atoms with Crippen LogP contribution in [0.3, 0.4) is 0 Å². The number of para-hydroxylation sites is 1. The highest BCUT2D eigenvalue weighted by atomic mass is 32.2. The molecule has 0 aliphatic carbocycles. The largest absolute Gasteiger partial charge is 0.338 e. The molecule has 3 aromatic rings. The Bertz CT molecular complexity index is 1090. The zero-order valence-electron chi connectivity index (χ0n) is 16.0. The highest BCUT2D eigenvalue weighted by Crippen LogP contribution is 2.15. The number of carbonyl (C=O) groups excluding carboxylic acids is 1. The van der Waals surface area contributed by atoms with Crippen LogP contribution in [0.1, 0.15) is 17.7 Å². The number of nitrogens with one attached hydrogen (secondary N) is 2. The molecule has 29 heavy (non-hydrogen) atoms. The lowest BCUT2D eigenvalue weighted by Crippen LogP contribution is -2.29. The fourth-order valence-electron chi connectivity index (χ4n) is 2.86. The zero-order chi connectivity index (χ0) is 20.9. The number of nitrogens with zero attached hydrogens (tertiary/aromatic N) is 2. The van der Waals surface area contributed by atoms with Crippen LogP contribution in [0.2, 0.25) is 0 Å². The summed E-state index contributed by atoms with van der Waals surface area (Å²) in [5.74, 6) is 0. The van der Waals surface area contributed by atoms with Crippen molar-refractivity contribution in [2.75, 3.05) is 11.9 Å². The minimum atomic E-state index is -3.81. The van der Waals surface area contributed by atoms with Crippen molar-refractivity contribution >= 4 is 21.7 Å². The molecule has 0 saturated carbocycles. The molecule has 8 nitrogen and oxygen atoms in total. The number of nitrogens with two attached hydrogens (primary N) is 1. The van der Waals surface area contributed by atoms with E-state index in [1.54, 1.807) is 6.07 Å². The summed E-state index contributed by atoms with van der Waals surface area (Å²) in [4.78, 5) is 12.0. The van der Waals surface area contributed by atoms with Gasteiger partial charge in [-0.25, -0.2) is 23.0 Å². The minimum Gasteiger partial charge on any atom is -0.338 e. The van der Waals surface area contributed by atoms with Crippen molar-refractivity contribution in [3.63, 3.8) is 0 Å². The monoisotopic (exact) mass is 413 g/mol. The van der Waals surface area contributed by atoms with Gasteiger partial charge in [0.25, 0.3) is 0 Å². The maximum atomic E-state index is 12.0. The molecule has 9 heteroatoms. The van der Waals surface area contributed by atoms with Gasteiger partial charge in [-0.05, 0) is 55.7 Å². The van der Waals surface area contributed by atoms with Gasteiger partial charge in [0.2, 0.25) is 10.0 Å². The summed E-state index contributed by atoms with van der Waals surface area (Å²) in [6.45, 7) is 2.43. The summed E-state index contributed by atoms with van der Waals surface area (Å²) < 4.78 is 24.6. The number of urea groups is 1. The van der Waals surface area contributed by atoms with Gasteiger partial charge in [-0.15, -0.1) is 0 Å². The SMILES string of the molecule is Cc1nn(-c2ccccc2)cc1CCCNC(=O)Nc1cccc(S(N)(=O)=O)c1. The Hall–Kier alpha value is -3.17. The van der Waals surface area contributed by atoms with Crippen molar-refractivity contribution in [3.8, 4) is 5.69 Å². The van der Waals surface area contributed by atoms with E-state index in [0.717, 1.165) is 29.8 Å². The van der Waals surface area contributed by atoms with Crippen molar-refractivity contribution in [1.82, 2.24) is 15.1 Å². The van der Waals surface area contributed by atoms with Crippen LogP contribution in [-0.2, 0) is 16.4 Å². The van der Waals surface area contributed by atoms with Gasteiger partial charge in [-0.3, -0.25) is 0 Å². The van der Waals surface area contributed by atoms with E-state index >= 15 is 0 Å². The standard InChI is InChI=1S/C20H23N5O3S/c1-15-16(14-25(24-15)18-9-3-2-4-10-18)7-6-12-22-20(26)23-17-8-5-11-19(13-17)29(21,27)28/h2-5,8-11,13-14H,6-7,12H2,1H3,(H2,21,27,28)(H2,22,23,26). The molecule has 0 saturated heterocycles. The number of hydrogen-bond acceptors (Lipinski definition) is 4. The topological polar surface area (TPSA) is 119 Å². The highest BCUT2D eigenvalue weighted by molar-refractivity contribution is 7.89. The molecule has 1 aromatic heterocycles. The summed E-state index contributed by atoms with van der Waals surface area (Å²) >= 11 is 0. The predicted octanol–water partition coefficient (Wildman–Crippen LogP) is 2.58. The molecule has 3 rings (SSSR count). The number of hydrogen-bond donors (Lipinski definition) is 3. The summed E-state index contributed by atoms with van der Waals surface area (Å²) in [5.41, 5.74) is 3.44. The smallest absolute Gasteiger partial charge is 0.319 e. The highest BCUT2D eigenvalue weighted by Gasteiger charge is 2.10. The third kappa shape index (κ3) is 5.66. The fourth-order valence-corrected chi connectivity index (χ4v) is 3.42. The number of aryl methyl sites for hydroxylation is 2. The van der Waals surface area contributed by atoms with Gasteiger partial charge in [0.15, 0.2) is 0 Å². The normalized spacial score (nSPS) is 11.2. The Kier molecular flexibility index (Phi) is 6.30. The molecule has 4 N–H and O–H groups in total. The fraction of sp³-hybridized carbons (Fsp3) is 0.200. The molecular weight excluding hydrogens is 390 g/mol. The first kappa shape index (κ1) is 20.6. The number of benzene rings is 2. The van der Waals surface area contributed by atoms with Gasteiger partial charge >= 0.3 is 6.03 Å². The predicted molar refractivity (Wildman–Crippen MR) is 111 cm³/mol. The average Bonchev–Trinajstić information content (AvgIpc) is 3.06. The Balaban J connectivity index is 1.49. The minimum absolute atomic E-state index is 0.0544. The van der Waals surface area contributed by atoms with Crippen molar-refractivity contribution in [2.45, 2.75) is 24.7 Å². The number of rotatable bonds is 7. The number of primary sulfonamides is 1. The molecule has 0 unspecified atom stereocenters. The molecule has 1 heterocycles. The molecule has 152 valence electrons. The van der Waals surface area contributed by atoms with E-state index in [-0.39, 0.29) is 4.90 Å². The van der Waals surface area contributed by atoms with E-state index in [9.17, 15) is 13.2 Å². The van der Waals surface area contributed by atoms with Gasteiger partial charge < -0.3 is 10.6 Å². The first-order valence-corrected chi connectivity index (χ1v) is 10.7. The van der Waals surface area contributed by atoms with Crippen molar-refractivity contribution in [3.05, 3.63) is 72.1 Å². The molecule has 0 radical (unpaired) electrons. The van der Waals surface area contributed by atoms with E-state index < -0.39 is 16.1 Å². The third-order valence-electron chi connectivity index (χ3n) is 4.35. The third-order valence-corrected chi connectivity index (χ3v) is 5.26. The van der Waals surface area contributed by atoms with Crippen molar-refractivity contribution in [2.24, 2.45) is 5.14 Å². The Labute approximate surface area is 169 Å². The first-order chi connectivity index (χ1) is 13.8. The molecular formula is C20H23N5O3S. The molecule has 0 atom stereocenters. The molecule has 2 amide bonds. The molecule has 2 aromatic carbocycles. The first-order valence-electron chi connectivity index (χ1n) is 9.11. The number of amides is 2. The van der Waals surface area contributed by atoms with Gasteiger partial charge in [0.1, 0.15) is 0 Å². The summed E-state index contributed by atoms with van der Waals surface area (Å²) in [6.07, 6.45) is 3.52. The Morgan fingerprint density at radius 1 is 1.14 bits per heavy atom. The lowest BCUT2D eigenvalue weighted by atomic mass is 10.1. The Morgan fingerprint density at radius 2 is 1.90 bits per heavy atom. The van der Waals surface area contributed by atoms with E-state index in [2.05, 4.69) is 15.7 Å². The lowest BCUT2D eigenvalue weighted by molar-refractivity contribution is 0.252. The van der Waals surface area contributed by atoms with Crippen LogP contribution in [0, 0.1) is 6.92 Å². The molecule has 0 aliphatic rings. The maximum Gasteiger partial charge on any atom is 0.319 e. The van der Waals surface area contributed by atoms with Crippen LogP contribution in [0.15, 0.2) is 65.7 Å². The number of anilines is 1. The molecule has 0 spiro atoms. The van der Waals surface area contributed by atoms with Crippen LogP contribution in [0.25, 0.3) is 5.69 Å². The van der Waals surface area contributed by atoms with Crippen molar-refractivity contribution < 1.29 is 13.2 Å². The zero-order valence-corrected chi connectivity index (χ0v) is 16.8. The van der Waals surface area contributed by atoms with E-state index in [1.165, 1.54) is 18.2 Å². The van der Waals surface area contributed by atoms with Gasteiger partial charge in [0, 0.05) is 18.4 Å². The second kappa shape index (κ2) is 8.89. The Morgan fingerprint density at radius 3 is 2.62 bits per heavy atom. The molecule has 0 bridgehead atoms. The van der Waals surface area contributed by atoms with Crippen molar-refractivity contribution in [1.29, 1.82) is 0 Å². The molecule has 0 aliphatic heterocycles. The summed E-state index contributed by atoms with van der Waals surface area (Å²) in [7, 11) is -3.81. The summed E-state index contributed by atoms with van der Waals surface area (Å²) in [5, 5.41) is 15.0. The summed E-state index contributed by atoms with van der Waals surface area (Å²) in [6, 6.07) is 15.3. The van der Waals surface area contributed by atoms with Crippen LogP contribution in [0.4, 0.5) is 10.5 Å². The van der Waals surface area contributed by atoms with Gasteiger partial charge in [0.05, 0.1) is 16.3 Å². The van der Waals surface area contributed by atoms with E-state index in [4.69, 9.17) is 5.14 Å². The number of aromatic nitrogens is 2. The second-order valence-electron chi connectivity index (χ2n) is 6.58. The van der Waals surface area contributed by atoms with Crippen LogP contribution >= 0.6 is 0 Å². The lowest BCUT2D eigenvalue weighted by Gasteiger charge is -2.08. The van der Waals surface area contributed by atoms with E-state index in [1.807, 2.05) is 48.1 Å². The number of carbonyl (C=O) groups is 1. The van der Waals surface area contributed by atoms with Gasteiger partial charge in [-0.2, -0.15) is 5.10 Å².